The van der Waals surface area contributed by atoms with Crippen molar-refractivity contribution in [2.24, 2.45) is 5.10 Å². The van der Waals surface area contributed by atoms with Crippen LogP contribution in [0, 0.1) is 6.92 Å². The van der Waals surface area contributed by atoms with Gasteiger partial charge in [0.15, 0.2) is 10.8 Å². The van der Waals surface area contributed by atoms with Crippen LogP contribution in [0.5, 0.6) is 0 Å². The van der Waals surface area contributed by atoms with Crippen LogP contribution in [0.2, 0.25) is 0 Å². The largest absolute Gasteiger partial charge is 0.331 e. The van der Waals surface area contributed by atoms with Crippen molar-refractivity contribution in [3.63, 3.8) is 0 Å². The van der Waals surface area contributed by atoms with Crippen LogP contribution in [0.4, 0.5) is 17.1 Å². The third-order valence-electron chi connectivity index (χ3n) is 4.80. The molecule has 4 rings (SSSR count). The number of benzene rings is 3. The van der Waals surface area contributed by atoms with Crippen LogP contribution >= 0.6 is 12.2 Å². The van der Waals surface area contributed by atoms with E-state index in [1.165, 1.54) is 4.90 Å². The molecule has 0 aliphatic carbocycles. The third-order valence-corrected chi connectivity index (χ3v) is 5.00. The van der Waals surface area contributed by atoms with Crippen molar-refractivity contribution in [3.8, 4) is 0 Å². The first-order valence-electron chi connectivity index (χ1n) is 9.99. The molecular formula is C24H21N5O2S. The Hall–Kier alpha value is -4.04. The molecule has 0 aromatic heterocycles. The Labute approximate surface area is 191 Å². The van der Waals surface area contributed by atoms with Crippen LogP contribution in [-0.2, 0) is 9.59 Å². The minimum Gasteiger partial charge on any atom is -0.331 e. The number of anilines is 3. The van der Waals surface area contributed by atoms with E-state index < -0.39 is 0 Å². The van der Waals surface area contributed by atoms with E-state index in [1.807, 2.05) is 73.7 Å². The monoisotopic (exact) mass is 443 g/mol. The molecule has 3 aromatic carbocycles. The summed E-state index contributed by atoms with van der Waals surface area (Å²) in [6, 6.07) is 24.1. The third kappa shape index (κ3) is 4.81. The van der Waals surface area contributed by atoms with Gasteiger partial charge in [-0.2, -0.15) is 5.10 Å². The van der Waals surface area contributed by atoms with Gasteiger partial charge in [-0.3, -0.25) is 19.9 Å². The fourth-order valence-corrected chi connectivity index (χ4v) is 3.54. The summed E-state index contributed by atoms with van der Waals surface area (Å²) in [5.74, 6) is -0.671. The molecule has 0 bridgehead atoms. The second kappa shape index (κ2) is 9.40. The minimum absolute atomic E-state index is 0.129. The van der Waals surface area contributed by atoms with Gasteiger partial charge in [-0.1, -0.05) is 48.5 Å². The van der Waals surface area contributed by atoms with Gasteiger partial charge in [0.25, 0.3) is 5.91 Å². The predicted octanol–water partition coefficient (Wildman–Crippen LogP) is 3.67. The SMILES string of the molecule is Cc1cccc(NC(=O)CN2C(=O)/C(=N/NC(=S)Nc3ccccc3)c3ccccc32)c1. The highest BCUT2D eigenvalue weighted by atomic mass is 32.1. The Morgan fingerprint density at radius 2 is 1.66 bits per heavy atom. The Kier molecular flexibility index (Phi) is 6.23. The number of nitrogens with zero attached hydrogens (tertiary/aromatic N) is 2. The van der Waals surface area contributed by atoms with E-state index in [0.717, 1.165) is 11.3 Å². The Bertz CT molecular complexity index is 1210. The van der Waals surface area contributed by atoms with E-state index in [0.29, 0.717) is 16.9 Å². The zero-order valence-corrected chi connectivity index (χ0v) is 18.1. The van der Waals surface area contributed by atoms with Crippen molar-refractivity contribution < 1.29 is 9.59 Å². The molecule has 160 valence electrons. The number of amides is 2. The first kappa shape index (κ1) is 21.2. The number of hydrazone groups is 1. The van der Waals surface area contributed by atoms with Gasteiger partial charge in [-0.05, 0) is 55.0 Å². The zero-order valence-electron chi connectivity index (χ0n) is 17.3. The van der Waals surface area contributed by atoms with Gasteiger partial charge in [0, 0.05) is 16.9 Å². The maximum atomic E-state index is 13.1. The highest BCUT2D eigenvalue weighted by Crippen LogP contribution is 2.29. The van der Waals surface area contributed by atoms with Crippen LogP contribution in [0.15, 0.2) is 84.0 Å². The topological polar surface area (TPSA) is 85.8 Å². The first-order chi connectivity index (χ1) is 15.5. The molecule has 7 nitrogen and oxygen atoms in total. The van der Waals surface area contributed by atoms with Crippen LogP contribution in [-0.4, -0.2) is 29.2 Å². The van der Waals surface area contributed by atoms with E-state index in [9.17, 15) is 9.59 Å². The molecule has 32 heavy (non-hydrogen) atoms. The van der Waals surface area contributed by atoms with E-state index in [-0.39, 0.29) is 29.2 Å². The molecule has 0 spiro atoms. The van der Waals surface area contributed by atoms with Crippen molar-refractivity contribution in [1.82, 2.24) is 5.43 Å². The summed E-state index contributed by atoms with van der Waals surface area (Å²) in [6.07, 6.45) is 0. The molecule has 3 aromatic rings. The van der Waals surface area contributed by atoms with Gasteiger partial charge < -0.3 is 10.6 Å². The molecule has 1 heterocycles. The number of nitrogens with one attached hydrogen (secondary N) is 3. The predicted molar refractivity (Wildman–Crippen MR) is 131 cm³/mol. The van der Waals surface area contributed by atoms with Gasteiger partial charge in [0.05, 0.1) is 5.69 Å². The summed E-state index contributed by atoms with van der Waals surface area (Å²) in [7, 11) is 0. The van der Waals surface area contributed by atoms with Gasteiger partial charge in [0.2, 0.25) is 5.91 Å². The standard InChI is InChI=1S/C24H21N5O2S/c1-16-8-7-11-18(14-16)25-21(30)15-29-20-13-6-5-12-19(20)22(23(29)31)27-28-24(32)26-17-9-3-2-4-10-17/h2-14H,15H2,1H3,(H,25,30)(H2,26,28,32)/b27-22+. The lowest BCUT2D eigenvalue weighted by Crippen LogP contribution is -2.38. The van der Waals surface area contributed by atoms with E-state index in [2.05, 4.69) is 21.2 Å². The molecule has 0 unspecified atom stereocenters. The molecule has 1 aliphatic heterocycles. The molecule has 3 N–H and O–H groups in total. The smallest absolute Gasteiger partial charge is 0.279 e. The van der Waals surface area contributed by atoms with Crippen LogP contribution < -0.4 is 21.0 Å². The lowest BCUT2D eigenvalue weighted by atomic mass is 10.1. The Morgan fingerprint density at radius 1 is 0.938 bits per heavy atom. The summed E-state index contributed by atoms with van der Waals surface area (Å²) in [4.78, 5) is 27.1. The van der Waals surface area contributed by atoms with Gasteiger partial charge in [-0.15, -0.1) is 0 Å². The molecule has 0 atom stereocenters. The van der Waals surface area contributed by atoms with E-state index >= 15 is 0 Å². The lowest BCUT2D eigenvalue weighted by molar-refractivity contribution is -0.118. The van der Waals surface area contributed by atoms with Gasteiger partial charge in [0.1, 0.15) is 6.54 Å². The fraction of sp³-hybridized carbons (Fsp3) is 0.0833. The molecule has 0 saturated heterocycles. The van der Waals surface area contributed by atoms with Crippen molar-refractivity contribution in [2.75, 3.05) is 22.1 Å². The summed E-state index contributed by atoms with van der Waals surface area (Å²) >= 11 is 5.27. The second-order valence-corrected chi connectivity index (χ2v) is 7.63. The summed E-state index contributed by atoms with van der Waals surface area (Å²) in [5, 5.41) is 10.3. The van der Waals surface area contributed by atoms with Crippen molar-refractivity contribution >= 4 is 51.9 Å². The minimum atomic E-state index is -0.374. The van der Waals surface area contributed by atoms with Crippen LogP contribution in [0.1, 0.15) is 11.1 Å². The molecule has 1 aliphatic rings. The number of carbonyl (C=O) groups excluding carboxylic acids is 2. The number of hydrogen-bond donors (Lipinski definition) is 3. The average Bonchev–Trinajstić information content (AvgIpc) is 3.04. The molecule has 0 saturated carbocycles. The van der Waals surface area contributed by atoms with Crippen LogP contribution in [0.25, 0.3) is 0 Å². The maximum Gasteiger partial charge on any atom is 0.279 e. The van der Waals surface area contributed by atoms with Gasteiger partial charge in [-0.25, -0.2) is 0 Å². The lowest BCUT2D eigenvalue weighted by Gasteiger charge is -2.16. The van der Waals surface area contributed by atoms with Gasteiger partial charge >= 0.3 is 0 Å². The molecule has 0 fully saturated rings. The molecule has 2 amide bonds. The normalized spacial score (nSPS) is 13.6. The molecule has 0 radical (unpaired) electrons. The summed E-state index contributed by atoms with van der Waals surface area (Å²) < 4.78 is 0. The molecular weight excluding hydrogens is 422 g/mol. The number of carbonyl (C=O) groups is 2. The van der Waals surface area contributed by atoms with Crippen molar-refractivity contribution in [2.45, 2.75) is 6.92 Å². The number of fused-ring (bicyclic) bond motifs is 1. The summed E-state index contributed by atoms with van der Waals surface area (Å²) in [6.45, 7) is 1.82. The first-order valence-corrected chi connectivity index (χ1v) is 10.4. The highest BCUT2D eigenvalue weighted by Gasteiger charge is 2.35. The van der Waals surface area contributed by atoms with Crippen molar-refractivity contribution in [3.05, 3.63) is 90.0 Å². The number of thiocarbonyl (C=S) groups is 1. The van der Waals surface area contributed by atoms with E-state index in [4.69, 9.17) is 12.2 Å². The fourth-order valence-electron chi connectivity index (χ4n) is 3.38. The number of hydrogen-bond acceptors (Lipinski definition) is 4. The maximum absolute atomic E-state index is 13.1. The quantitative estimate of drug-likeness (QED) is 0.414. The van der Waals surface area contributed by atoms with Crippen LogP contribution in [0.3, 0.4) is 0 Å². The number of aryl methyl sites for hydroxylation is 1. The van der Waals surface area contributed by atoms with E-state index in [1.54, 1.807) is 12.1 Å². The highest BCUT2D eigenvalue weighted by molar-refractivity contribution is 7.80. The summed E-state index contributed by atoms with van der Waals surface area (Å²) in [5.41, 5.74) is 6.70. The second-order valence-electron chi connectivity index (χ2n) is 7.22. The van der Waals surface area contributed by atoms with Crippen molar-refractivity contribution in [1.29, 1.82) is 0 Å². The Morgan fingerprint density at radius 3 is 2.44 bits per heavy atom. The zero-order chi connectivity index (χ0) is 22.5. The Balaban J connectivity index is 1.48. The molecule has 8 heteroatoms. The number of para-hydroxylation sites is 2. The average molecular weight is 444 g/mol. The number of rotatable bonds is 5.